The molecule has 0 heterocycles. The first-order chi connectivity index (χ1) is 6.84. The molecule has 0 aromatic heterocycles. The minimum atomic E-state index is -1.50. The highest BCUT2D eigenvalue weighted by molar-refractivity contribution is 4.82. The average Bonchev–Trinajstić information content (AvgIpc) is 2.16. The Morgan fingerprint density at radius 2 is 1.60 bits per heavy atom. The van der Waals surface area contributed by atoms with E-state index in [1.54, 1.807) is 0 Å². The van der Waals surface area contributed by atoms with Crippen molar-refractivity contribution in [3.63, 3.8) is 0 Å². The lowest BCUT2D eigenvalue weighted by Crippen LogP contribution is -2.43. The summed E-state index contributed by atoms with van der Waals surface area (Å²) in [6, 6.07) is 0. The molecule has 0 bridgehead atoms. The van der Waals surface area contributed by atoms with Crippen LogP contribution in [0.25, 0.3) is 0 Å². The van der Waals surface area contributed by atoms with E-state index in [1.165, 1.54) is 6.92 Å². The molecule has 0 rings (SSSR count). The number of aliphatic hydroxyl groups is 6. The van der Waals surface area contributed by atoms with Gasteiger partial charge in [0.25, 0.3) is 0 Å². The molecule has 6 heteroatoms. The number of rotatable bonds is 7. The topological polar surface area (TPSA) is 121 Å². The van der Waals surface area contributed by atoms with Crippen LogP contribution < -0.4 is 0 Å². The third-order valence-corrected chi connectivity index (χ3v) is 2.20. The first-order valence-electron chi connectivity index (χ1n) is 4.82. The lowest BCUT2D eigenvalue weighted by molar-refractivity contribution is -0.103. The van der Waals surface area contributed by atoms with Crippen molar-refractivity contribution in [3.8, 4) is 0 Å². The molecule has 0 saturated carbocycles. The lowest BCUT2D eigenvalue weighted by Gasteiger charge is -2.28. The van der Waals surface area contributed by atoms with E-state index < -0.39 is 30.5 Å². The predicted octanol–water partition coefficient (Wildman–Crippen LogP) is -2.42. The summed E-state index contributed by atoms with van der Waals surface area (Å²) in [4.78, 5) is 0. The number of hydrogen-bond acceptors (Lipinski definition) is 6. The highest BCUT2D eigenvalue weighted by Gasteiger charge is 2.31. The van der Waals surface area contributed by atoms with Crippen molar-refractivity contribution in [1.29, 1.82) is 0 Å². The summed E-state index contributed by atoms with van der Waals surface area (Å²) in [5.41, 5.74) is -1.50. The van der Waals surface area contributed by atoms with Crippen LogP contribution in [-0.2, 0) is 0 Å². The first kappa shape index (κ1) is 14.8. The van der Waals surface area contributed by atoms with E-state index in [4.69, 9.17) is 10.2 Å². The maximum atomic E-state index is 9.42. The smallest absolute Gasteiger partial charge is 0.106 e. The van der Waals surface area contributed by atoms with Crippen molar-refractivity contribution in [2.75, 3.05) is 13.2 Å². The molecule has 0 spiro atoms. The van der Waals surface area contributed by atoms with E-state index in [0.29, 0.717) is 0 Å². The van der Waals surface area contributed by atoms with Crippen LogP contribution in [0.15, 0.2) is 0 Å². The summed E-state index contributed by atoms with van der Waals surface area (Å²) >= 11 is 0. The van der Waals surface area contributed by atoms with E-state index in [0.717, 1.165) is 0 Å². The predicted molar refractivity (Wildman–Crippen MR) is 52.0 cm³/mol. The van der Waals surface area contributed by atoms with Crippen molar-refractivity contribution in [2.24, 2.45) is 0 Å². The van der Waals surface area contributed by atoms with Crippen LogP contribution in [-0.4, -0.2) is 67.8 Å². The average molecular weight is 224 g/mol. The molecular formula is C9H20O6. The van der Waals surface area contributed by atoms with Crippen LogP contribution in [0.1, 0.15) is 19.8 Å². The van der Waals surface area contributed by atoms with Crippen molar-refractivity contribution < 1.29 is 30.6 Å². The molecule has 0 aliphatic heterocycles. The van der Waals surface area contributed by atoms with E-state index in [1.807, 2.05) is 0 Å². The molecular weight excluding hydrogens is 204 g/mol. The van der Waals surface area contributed by atoms with Crippen LogP contribution in [0, 0.1) is 0 Å². The SMILES string of the molecule is CC(O)(CO)CC(O)C(O)C(O)CCO. The highest BCUT2D eigenvalue weighted by Crippen LogP contribution is 2.16. The molecule has 0 aromatic carbocycles. The highest BCUT2D eigenvalue weighted by atomic mass is 16.4. The molecule has 4 atom stereocenters. The Morgan fingerprint density at radius 1 is 1.07 bits per heavy atom. The van der Waals surface area contributed by atoms with E-state index in [2.05, 4.69) is 0 Å². The van der Waals surface area contributed by atoms with E-state index >= 15 is 0 Å². The van der Waals surface area contributed by atoms with Gasteiger partial charge in [-0.25, -0.2) is 0 Å². The maximum absolute atomic E-state index is 9.42. The third-order valence-electron chi connectivity index (χ3n) is 2.20. The Balaban J connectivity index is 4.14. The van der Waals surface area contributed by atoms with Gasteiger partial charge in [-0.1, -0.05) is 0 Å². The molecule has 0 fully saturated rings. The van der Waals surface area contributed by atoms with Gasteiger partial charge in [-0.05, 0) is 13.3 Å². The van der Waals surface area contributed by atoms with E-state index in [-0.39, 0.29) is 19.4 Å². The normalized spacial score (nSPS) is 21.8. The zero-order valence-corrected chi connectivity index (χ0v) is 8.74. The second-order valence-corrected chi connectivity index (χ2v) is 4.00. The Kier molecular flexibility index (Phi) is 6.26. The summed E-state index contributed by atoms with van der Waals surface area (Å²) < 4.78 is 0. The van der Waals surface area contributed by atoms with Gasteiger partial charge in [0, 0.05) is 13.0 Å². The van der Waals surface area contributed by atoms with Crippen LogP contribution in [0.4, 0.5) is 0 Å². The van der Waals surface area contributed by atoms with Crippen molar-refractivity contribution >= 4 is 0 Å². The van der Waals surface area contributed by atoms with Gasteiger partial charge >= 0.3 is 0 Å². The van der Waals surface area contributed by atoms with Gasteiger partial charge in [0.1, 0.15) is 6.10 Å². The zero-order valence-electron chi connectivity index (χ0n) is 8.74. The molecule has 15 heavy (non-hydrogen) atoms. The Morgan fingerprint density at radius 3 is 2.00 bits per heavy atom. The Labute approximate surface area is 88.4 Å². The van der Waals surface area contributed by atoms with Gasteiger partial charge in [0.2, 0.25) is 0 Å². The summed E-state index contributed by atoms with van der Waals surface area (Å²) in [6.07, 6.45) is -4.37. The zero-order chi connectivity index (χ0) is 12.1. The molecule has 6 nitrogen and oxygen atoms in total. The van der Waals surface area contributed by atoms with Gasteiger partial charge in [-0.15, -0.1) is 0 Å². The van der Waals surface area contributed by atoms with Gasteiger partial charge in [0.05, 0.1) is 24.4 Å². The van der Waals surface area contributed by atoms with Crippen LogP contribution >= 0.6 is 0 Å². The van der Waals surface area contributed by atoms with Crippen molar-refractivity contribution in [3.05, 3.63) is 0 Å². The minimum Gasteiger partial charge on any atom is -0.396 e. The van der Waals surface area contributed by atoms with Gasteiger partial charge in [-0.2, -0.15) is 0 Å². The lowest BCUT2D eigenvalue weighted by atomic mass is 9.93. The summed E-state index contributed by atoms with van der Waals surface area (Å²) in [7, 11) is 0. The fourth-order valence-electron chi connectivity index (χ4n) is 1.20. The largest absolute Gasteiger partial charge is 0.396 e. The fourth-order valence-corrected chi connectivity index (χ4v) is 1.20. The Bertz CT molecular complexity index is 172. The summed E-state index contributed by atoms with van der Waals surface area (Å²) in [5.74, 6) is 0. The van der Waals surface area contributed by atoms with Gasteiger partial charge in [0.15, 0.2) is 0 Å². The van der Waals surface area contributed by atoms with Gasteiger partial charge < -0.3 is 30.6 Å². The van der Waals surface area contributed by atoms with E-state index in [9.17, 15) is 20.4 Å². The third kappa shape index (κ3) is 5.41. The number of aliphatic hydroxyl groups excluding tert-OH is 5. The summed E-state index contributed by atoms with van der Waals surface area (Å²) in [6.45, 7) is 0.454. The van der Waals surface area contributed by atoms with Crippen LogP contribution in [0.5, 0.6) is 0 Å². The molecule has 0 aliphatic carbocycles. The second kappa shape index (κ2) is 6.37. The summed E-state index contributed by atoms with van der Waals surface area (Å²) in [5, 5.41) is 54.7. The standard InChI is InChI=1S/C9H20O6/c1-9(15,5-11)4-7(13)8(14)6(12)2-3-10/h6-8,10-15H,2-5H2,1H3. The van der Waals surface area contributed by atoms with Crippen LogP contribution in [0.2, 0.25) is 0 Å². The molecule has 0 aliphatic rings. The van der Waals surface area contributed by atoms with Crippen molar-refractivity contribution in [1.82, 2.24) is 0 Å². The molecule has 0 saturated heterocycles. The quantitative estimate of drug-likeness (QED) is 0.286. The molecule has 0 amide bonds. The Hall–Kier alpha value is -0.240. The fraction of sp³-hybridized carbons (Fsp3) is 1.00. The number of hydrogen-bond donors (Lipinski definition) is 6. The molecule has 4 unspecified atom stereocenters. The maximum Gasteiger partial charge on any atom is 0.106 e. The van der Waals surface area contributed by atoms with Gasteiger partial charge in [-0.3, -0.25) is 0 Å². The van der Waals surface area contributed by atoms with Crippen LogP contribution in [0.3, 0.4) is 0 Å². The van der Waals surface area contributed by atoms with Crippen molar-refractivity contribution in [2.45, 2.75) is 43.7 Å². The monoisotopic (exact) mass is 224 g/mol. The second-order valence-electron chi connectivity index (χ2n) is 4.00. The molecule has 0 radical (unpaired) electrons. The molecule has 92 valence electrons. The molecule has 0 aromatic rings. The first-order valence-corrected chi connectivity index (χ1v) is 4.82. The minimum absolute atomic E-state index is 0.0561. The molecule has 6 N–H and O–H groups in total.